The predicted molar refractivity (Wildman–Crippen MR) is 75.0 cm³/mol. The van der Waals surface area contributed by atoms with Crippen molar-refractivity contribution < 1.29 is 0 Å². The van der Waals surface area contributed by atoms with E-state index in [1.165, 1.54) is 22.3 Å². The van der Waals surface area contributed by atoms with Crippen LogP contribution >= 0.6 is 0 Å². The molecular weight excluding hydrogens is 218 g/mol. The molecule has 0 N–H and O–H groups in total. The Hall–Kier alpha value is -1.85. The molecule has 0 heterocycles. The summed E-state index contributed by atoms with van der Waals surface area (Å²) in [5.41, 5.74) is 5.82. The van der Waals surface area contributed by atoms with Crippen LogP contribution < -0.4 is 0 Å². The van der Waals surface area contributed by atoms with Crippen LogP contribution in [0.3, 0.4) is 0 Å². The van der Waals surface area contributed by atoms with Gasteiger partial charge < -0.3 is 0 Å². The van der Waals surface area contributed by atoms with Crippen LogP contribution in [-0.2, 0) is 11.8 Å². The van der Waals surface area contributed by atoms with Crippen molar-refractivity contribution in [3.05, 3.63) is 59.2 Å². The molecule has 1 aromatic carbocycles. The lowest BCUT2D eigenvalue weighted by Crippen LogP contribution is -2.56. The van der Waals surface area contributed by atoms with Crippen LogP contribution in [0.2, 0.25) is 0 Å². The van der Waals surface area contributed by atoms with E-state index in [2.05, 4.69) is 60.8 Å². The van der Waals surface area contributed by atoms with Gasteiger partial charge in [0.15, 0.2) is 0 Å². The maximum absolute atomic E-state index is 4.65. The quantitative estimate of drug-likeness (QED) is 0.659. The van der Waals surface area contributed by atoms with E-state index >= 15 is 0 Å². The van der Waals surface area contributed by atoms with Gasteiger partial charge in [-0.05, 0) is 42.5 Å². The Morgan fingerprint density at radius 1 is 1.33 bits per heavy atom. The van der Waals surface area contributed by atoms with Crippen LogP contribution in [0.1, 0.15) is 30.0 Å². The lowest BCUT2D eigenvalue weighted by molar-refractivity contribution is 0.210. The van der Waals surface area contributed by atoms with Crippen LogP contribution in [0, 0.1) is 0 Å². The second kappa shape index (κ2) is 2.93. The van der Waals surface area contributed by atoms with Gasteiger partial charge in [-0.2, -0.15) is 0 Å². The number of aliphatic imine (C=N–C) groups is 1. The van der Waals surface area contributed by atoms with Gasteiger partial charge in [0.25, 0.3) is 0 Å². The summed E-state index contributed by atoms with van der Waals surface area (Å²) in [7, 11) is 0. The van der Waals surface area contributed by atoms with E-state index in [-0.39, 0.29) is 11.0 Å². The summed E-state index contributed by atoms with van der Waals surface area (Å²) in [4.78, 5) is 4.65. The van der Waals surface area contributed by atoms with Gasteiger partial charge >= 0.3 is 0 Å². The van der Waals surface area contributed by atoms with E-state index in [4.69, 9.17) is 0 Å². The molecule has 0 aliphatic heterocycles. The molecular formula is C17H15N. The van der Waals surface area contributed by atoms with Crippen LogP contribution in [0.25, 0.3) is 6.08 Å². The Bertz CT molecular complexity index is 673. The molecule has 1 saturated carbocycles. The molecule has 0 saturated heterocycles. The van der Waals surface area contributed by atoms with Crippen molar-refractivity contribution in [3.8, 4) is 0 Å². The van der Waals surface area contributed by atoms with E-state index in [1.807, 2.05) is 0 Å². The molecule has 1 fully saturated rings. The van der Waals surface area contributed by atoms with Crippen LogP contribution in [0.4, 0.5) is 0 Å². The monoisotopic (exact) mass is 233 g/mol. The summed E-state index contributed by atoms with van der Waals surface area (Å²) in [5.74, 6) is 2.80. The van der Waals surface area contributed by atoms with Crippen molar-refractivity contribution in [1.82, 2.24) is 0 Å². The average molecular weight is 233 g/mol. The van der Waals surface area contributed by atoms with Gasteiger partial charge in [-0.1, -0.05) is 42.0 Å². The van der Waals surface area contributed by atoms with Gasteiger partial charge in [0.1, 0.15) is 0 Å². The lowest BCUT2D eigenvalue weighted by Gasteiger charge is -2.53. The molecule has 1 aromatic rings. The van der Waals surface area contributed by atoms with E-state index < -0.39 is 0 Å². The minimum atomic E-state index is -0.0228. The fourth-order valence-corrected chi connectivity index (χ4v) is 4.16. The van der Waals surface area contributed by atoms with Crippen molar-refractivity contribution in [2.45, 2.75) is 30.7 Å². The number of allylic oxidation sites excluding steroid dienone is 2. The largest absolute Gasteiger partial charge is 0.235 e. The first-order valence-corrected chi connectivity index (χ1v) is 6.45. The molecule has 2 atom stereocenters. The van der Waals surface area contributed by atoms with Crippen molar-refractivity contribution >= 4 is 11.9 Å². The second-order valence-corrected chi connectivity index (χ2v) is 5.71. The molecule has 0 spiro atoms. The summed E-state index contributed by atoms with van der Waals surface area (Å²) in [5, 5.41) is 0. The Kier molecular flexibility index (Phi) is 1.65. The highest BCUT2D eigenvalue weighted by molar-refractivity contribution is 5.72. The van der Waals surface area contributed by atoms with Gasteiger partial charge in [-0.3, -0.25) is 0 Å². The molecule has 1 heteroatoms. The Labute approximate surface area is 107 Å². The van der Waals surface area contributed by atoms with Crippen molar-refractivity contribution in [2.24, 2.45) is 4.99 Å². The fourth-order valence-electron chi connectivity index (χ4n) is 4.16. The van der Waals surface area contributed by atoms with Crippen LogP contribution in [0.15, 0.2) is 47.5 Å². The zero-order valence-corrected chi connectivity index (χ0v) is 10.5. The summed E-state index contributed by atoms with van der Waals surface area (Å²) in [6.07, 6.45) is 8.75. The highest BCUT2D eigenvalue weighted by Crippen LogP contribution is 2.65. The normalized spacial score (nSPS) is 33.9. The van der Waals surface area contributed by atoms with Gasteiger partial charge in [0.2, 0.25) is 0 Å². The van der Waals surface area contributed by atoms with Gasteiger partial charge in [-0.25, -0.2) is 4.99 Å². The molecule has 0 amide bonds. The second-order valence-electron chi connectivity index (χ2n) is 5.71. The minimum Gasteiger partial charge on any atom is -0.235 e. The molecule has 0 radical (unpaired) electrons. The molecule has 4 rings (SSSR count). The minimum absolute atomic E-state index is 0.0228. The zero-order chi connectivity index (χ0) is 12.4. The number of nitrogens with zero attached hydrogens (tertiary/aromatic N) is 1. The first kappa shape index (κ1) is 10.1. The Morgan fingerprint density at radius 2 is 2.22 bits per heavy atom. The molecule has 18 heavy (non-hydrogen) atoms. The summed E-state index contributed by atoms with van der Waals surface area (Å²) in [6, 6.07) is 6.62. The predicted octanol–water partition coefficient (Wildman–Crippen LogP) is 3.45. The van der Waals surface area contributed by atoms with E-state index in [1.54, 1.807) is 0 Å². The third kappa shape index (κ3) is 0.866. The molecule has 2 unspecified atom stereocenters. The molecule has 0 bridgehead atoms. The fraction of sp³-hybridized carbons (Fsp3) is 0.294. The zero-order valence-electron chi connectivity index (χ0n) is 10.5. The maximum Gasteiger partial charge on any atom is 0.0910 e. The summed E-state index contributed by atoms with van der Waals surface area (Å²) < 4.78 is 0. The van der Waals surface area contributed by atoms with E-state index in [0.717, 1.165) is 12.8 Å². The van der Waals surface area contributed by atoms with Crippen molar-refractivity contribution in [3.63, 3.8) is 0 Å². The topological polar surface area (TPSA) is 12.4 Å². The SMILES string of the molecule is C=C=NC12CC3=CC=Cc4cccc(c4C31C)C2. The average Bonchev–Trinajstić information content (AvgIpc) is 2.47. The first-order valence-electron chi connectivity index (χ1n) is 6.45. The smallest absolute Gasteiger partial charge is 0.0910 e. The highest BCUT2D eigenvalue weighted by atomic mass is 14.9. The molecule has 3 aliphatic carbocycles. The highest BCUT2D eigenvalue weighted by Gasteiger charge is 2.65. The summed E-state index contributed by atoms with van der Waals surface area (Å²) >= 11 is 0. The Morgan fingerprint density at radius 3 is 3.06 bits per heavy atom. The van der Waals surface area contributed by atoms with Crippen molar-refractivity contribution in [1.29, 1.82) is 0 Å². The maximum atomic E-state index is 4.65. The number of hydrogen-bond donors (Lipinski definition) is 0. The molecule has 1 nitrogen and oxygen atoms in total. The van der Waals surface area contributed by atoms with E-state index in [9.17, 15) is 0 Å². The van der Waals surface area contributed by atoms with Crippen LogP contribution in [-0.4, -0.2) is 11.4 Å². The third-order valence-electron chi connectivity index (χ3n) is 5.09. The summed E-state index contributed by atoms with van der Waals surface area (Å²) in [6.45, 7) is 6.03. The molecule has 0 aromatic heterocycles. The van der Waals surface area contributed by atoms with E-state index in [0.29, 0.717) is 0 Å². The third-order valence-corrected chi connectivity index (χ3v) is 5.09. The van der Waals surface area contributed by atoms with Crippen LogP contribution in [0.5, 0.6) is 0 Å². The molecule has 88 valence electrons. The van der Waals surface area contributed by atoms with Gasteiger partial charge in [-0.15, -0.1) is 0 Å². The lowest BCUT2D eigenvalue weighted by atomic mass is 9.52. The van der Waals surface area contributed by atoms with Gasteiger partial charge in [0, 0.05) is 11.8 Å². The first-order chi connectivity index (χ1) is 8.71. The number of rotatable bonds is 1. The number of benzene rings is 1. The van der Waals surface area contributed by atoms with Gasteiger partial charge in [0.05, 0.1) is 5.54 Å². The standard InChI is InChI=1S/C17H15N/c1-3-18-17-10-13-8-4-6-12-7-5-9-14(11-17)16(17,2)15(12)13/h4-9H,1,10-11H2,2H3. The van der Waals surface area contributed by atoms with Crippen molar-refractivity contribution in [2.75, 3.05) is 0 Å². The Balaban J connectivity index is 2.09. The molecule has 3 aliphatic rings. The number of hydrogen-bond acceptors (Lipinski definition) is 1.